The molecule has 2 N–H and O–H groups in total. The topological polar surface area (TPSA) is 56.2 Å². The summed E-state index contributed by atoms with van der Waals surface area (Å²) in [6.07, 6.45) is -3.41. The number of nitrogen functional groups attached to an aromatic ring is 1. The summed E-state index contributed by atoms with van der Waals surface area (Å²) in [5, 5.41) is 7.88. The van der Waals surface area contributed by atoms with Gasteiger partial charge in [-0.1, -0.05) is 0 Å². The van der Waals surface area contributed by atoms with Gasteiger partial charge in [-0.2, -0.15) is 13.2 Å². The lowest BCUT2D eigenvalue weighted by Crippen LogP contribution is -2.06. The number of nitrogens with two attached hydrogens (primary N) is 1. The maximum atomic E-state index is 12.8. The van der Waals surface area contributed by atoms with Crippen molar-refractivity contribution in [1.29, 1.82) is 0 Å². The number of aryl methyl sites for hydroxylation is 1. The van der Waals surface area contributed by atoms with E-state index in [1.165, 1.54) is 10.5 Å². The van der Waals surface area contributed by atoms with Gasteiger partial charge in [-0.25, -0.2) is 0 Å². The Morgan fingerprint density at radius 3 is 2.52 bits per heavy atom. The van der Waals surface area contributed by atoms with Crippen LogP contribution in [0.4, 0.5) is 18.9 Å². The molecule has 0 fully saturated rings. The Bertz CT molecular complexity index is 821. The van der Waals surface area contributed by atoms with Crippen LogP contribution in [0.5, 0.6) is 0 Å². The van der Waals surface area contributed by atoms with Crippen LogP contribution in [-0.2, 0) is 6.18 Å². The van der Waals surface area contributed by atoms with Crippen LogP contribution in [0, 0.1) is 6.92 Å². The van der Waals surface area contributed by atoms with E-state index in [0.717, 1.165) is 17.8 Å². The number of hydrogen-bond donors (Lipinski definition) is 1. The van der Waals surface area contributed by atoms with E-state index in [2.05, 4.69) is 10.2 Å². The normalized spacial score (nSPS) is 12.0. The molecule has 0 aliphatic carbocycles. The summed E-state index contributed by atoms with van der Waals surface area (Å²) in [5.74, 6) is 0.355. The maximum Gasteiger partial charge on any atom is 0.417 e. The lowest BCUT2D eigenvalue weighted by Gasteiger charge is -2.09. The number of halogens is 3. The second kappa shape index (κ2) is 4.47. The molecule has 3 aromatic rings. The van der Waals surface area contributed by atoms with Crippen molar-refractivity contribution >= 4 is 11.3 Å². The van der Waals surface area contributed by atoms with Crippen molar-refractivity contribution in [1.82, 2.24) is 14.6 Å². The summed E-state index contributed by atoms with van der Waals surface area (Å²) in [6, 6.07) is 7.43. The summed E-state index contributed by atoms with van der Waals surface area (Å²) in [4.78, 5) is 0. The first kappa shape index (κ1) is 13.4. The van der Waals surface area contributed by atoms with Gasteiger partial charge in [0, 0.05) is 17.4 Å². The van der Waals surface area contributed by atoms with Crippen LogP contribution >= 0.6 is 0 Å². The van der Waals surface area contributed by atoms with Crippen LogP contribution < -0.4 is 5.73 Å². The monoisotopic (exact) mass is 292 g/mol. The number of aromatic nitrogens is 3. The quantitative estimate of drug-likeness (QED) is 0.700. The first-order valence-electron chi connectivity index (χ1n) is 6.15. The molecule has 0 aliphatic heterocycles. The van der Waals surface area contributed by atoms with Crippen molar-refractivity contribution in [2.24, 2.45) is 0 Å². The first-order valence-corrected chi connectivity index (χ1v) is 6.15. The Kier molecular flexibility index (Phi) is 2.86. The minimum Gasteiger partial charge on any atom is -0.399 e. The second-order valence-corrected chi connectivity index (χ2v) is 4.74. The van der Waals surface area contributed by atoms with Crippen LogP contribution in [0.15, 0.2) is 36.5 Å². The van der Waals surface area contributed by atoms with Gasteiger partial charge in [0.15, 0.2) is 11.5 Å². The number of nitrogens with zero attached hydrogens (tertiary/aromatic N) is 3. The van der Waals surface area contributed by atoms with Crippen molar-refractivity contribution in [3.63, 3.8) is 0 Å². The summed E-state index contributed by atoms with van der Waals surface area (Å²) in [5.41, 5.74) is 7.39. The van der Waals surface area contributed by atoms with Crippen LogP contribution in [-0.4, -0.2) is 14.6 Å². The number of fused-ring (bicyclic) bond motifs is 1. The van der Waals surface area contributed by atoms with Gasteiger partial charge >= 0.3 is 6.18 Å². The summed E-state index contributed by atoms with van der Waals surface area (Å²) < 4.78 is 39.8. The van der Waals surface area contributed by atoms with Gasteiger partial charge in [0.2, 0.25) is 0 Å². The Morgan fingerprint density at radius 2 is 1.86 bits per heavy atom. The van der Waals surface area contributed by atoms with Crippen molar-refractivity contribution < 1.29 is 13.2 Å². The molecule has 0 spiro atoms. The molecule has 3 rings (SSSR count). The van der Waals surface area contributed by atoms with E-state index < -0.39 is 11.7 Å². The smallest absolute Gasteiger partial charge is 0.399 e. The lowest BCUT2D eigenvalue weighted by atomic mass is 10.1. The highest BCUT2D eigenvalue weighted by Gasteiger charge is 2.31. The Hall–Kier alpha value is -2.57. The predicted octanol–water partition coefficient (Wildman–Crippen LogP) is 3.31. The van der Waals surface area contributed by atoms with Crippen LogP contribution in [0.2, 0.25) is 0 Å². The third-order valence-electron chi connectivity index (χ3n) is 3.22. The van der Waals surface area contributed by atoms with Crippen molar-refractivity contribution in [2.75, 3.05) is 5.73 Å². The number of rotatable bonds is 1. The van der Waals surface area contributed by atoms with Crippen LogP contribution in [0.25, 0.3) is 17.0 Å². The van der Waals surface area contributed by atoms with E-state index in [-0.39, 0.29) is 0 Å². The average molecular weight is 292 g/mol. The van der Waals surface area contributed by atoms with Crippen molar-refractivity contribution in [2.45, 2.75) is 13.1 Å². The highest BCUT2D eigenvalue weighted by molar-refractivity contribution is 5.66. The maximum absolute atomic E-state index is 12.8. The molecule has 0 saturated carbocycles. The standard InChI is InChI=1S/C14H11F3N4/c1-8-6-10(18)3-4-11(8)13-20-19-12-5-2-9(7-21(12)13)14(15,16)17/h2-7H,18H2,1H3. The molecule has 0 bridgehead atoms. The number of anilines is 1. The summed E-state index contributed by atoms with van der Waals surface area (Å²) >= 11 is 0. The average Bonchev–Trinajstić information content (AvgIpc) is 2.80. The third kappa shape index (κ3) is 2.31. The van der Waals surface area contributed by atoms with Gasteiger partial charge in [-0.3, -0.25) is 4.40 Å². The molecule has 0 aliphatic rings. The van der Waals surface area contributed by atoms with Gasteiger partial charge < -0.3 is 5.73 Å². The van der Waals surface area contributed by atoms with E-state index in [1.807, 2.05) is 6.92 Å². The molecule has 0 amide bonds. The third-order valence-corrected chi connectivity index (χ3v) is 3.22. The molecule has 4 nitrogen and oxygen atoms in total. The molecule has 7 heteroatoms. The SMILES string of the molecule is Cc1cc(N)ccc1-c1nnc2ccc(C(F)(F)F)cn12. The van der Waals surface area contributed by atoms with Crippen molar-refractivity contribution in [3.05, 3.63) is 47.7 Å². The predicted molar refractivity (Wildman–Crippen MR) is 72.6 cm³/mol. The number of pyridine rings is 1. The fourth-order valence-electron chi connectivity index (χ4n) is 2.18. The fraction of sp³-hybridized carbons (Fsp3) is 0.143. The molecular weight excluding hydrogens is 281 g/mol. The highest BCUT2D eigenvalue weighted by Crippen LogP contribution is 2.31. The number of benzene rings is 1. The summed E-state index contributed by atoms with van der Waals surface area (Å²) in [6.45, 7) is 1.82. The molecule has 2 aromatic heterocycles. The Labute approximate surface area is 118 Å². The highest BCUT2D eigenvalue weighted by atomic mass is 19.4. The van der Waals surface area contributed by atoms with Crippen LogP contribution in [0.3, 0.4) is 0 Å². The minimum atomic E-state index is -4.41. The van der Waals surface area contributed by atoms with Gasteiger partial charge in [-0.15, -0.1) is 10.2 Å². The van der Waals surface area contributed by atoms with Gasteiger partial charge in [0.25, 0.3) is 0 Å². The zero-order valence-corrected chi connectivity index (χ0v) is 11.0. The molecule has 0 unspecified atom stereocenters. The zero-order chi connectivity index (χ0) is 15.2. The van der Waals surface area contributed by atoms with Crippen LogP contribution in [0.1, 0.15) is 11.1 Å². The number of hydrogen-bond acceptors (Lipinski definition) is 3. The van der Waals surface area contributed by atoms with Gasteiger partial charge in [-0.05, 0) is 42.8 Å². The summed E-state index contributed by atoms with van der Waals surface area (Å²) in [7, 11) is 0. The molecule has 0 saturated heterocycles. The molecule has 21 heavy (non-hydrogen) atoms. The zero-order valence-electron chi connectivity index (χ0n) is 11.0. The molecule has 108 valence electrons. The van der Waals surface area contributed by atoms with E-state index >= 15 is 0 Å². The Morgan fingerprint density at radius 1 is 1.10 bits per heavy atom. The van der Waals surface area contributed by atoms with Crippen molar-refractivity contribution in [3.8, 4) is 11.4 Å². The van der Waals surface area contributed by atoms with E-state index in [4.69, 9.17) is 5.73 Å². The molecule has 0 radical (unpaired) electrons. The van der Waals surface area contributed by atoms with Gasteiger partial charge in [0.05, 0.1) is 5.56 Å². The first-order chi connectivity index (χ1) is 9.86. The van der Waals surface area contributed by atoms with E-state index in [9.17, 15) is 13.2 Å². The number of alkyl halides is 3. The lowest BCUT2D eigenvalue weighted by molar-refractivity contribution is -0.137. The molecule has 0 atom stereocenters. The van der Waals surface area contributed by atoms with E-state index in [0.29, 0.717) is 22.7 Å². The second-order valence-electron chi connectivity index (χ2n) is 4.74. The van der Waals surface area contributed by atoms with E-state index in [1.54, 1.807) is 18.2 Å². The Balaban J connectivity index is 2.23. The largest absolute Gasteiger partial charge is 0.417 e. The molecule has 2 heterocycles. The van der Waals surface area contributed by atoms with Gasteiger partial charge in [0.1, 0.15) is 0 Å². The molecular formula is C14H11F3N4. The fourth-order valence-corrected chi connectivity index (χ4v) is 2.18. The minimum absolute atomic E-state index is 0.355. The molecule has 1 aromatic carbocycles.